The van der Waals surface area contributed by atoms with Gasteiger partial charge in [0.25, 0.3) is 5.91 Å². The zero-order valence-electron chi connectivity index (χ0n) is 11.4. The predicted octanol–water partition coefficient (Wildman–Crippen LogP) is 4.41. The van der Waals surface area contributed by atoms with Gasteiger partial charge in [0.2, 0.25) is 5.88 Å². The van der Waals surface area contributed by atoms with E-state index in [1.54, 1.807) is 0 Å². The third kappa shape index (κ3) is 4.16. The molecule has 1 radical (unpaired) electrons. The second-order valence-electron chi connectivity index (χ2n) is 4.49. The highest BCUT2D eigenvalue weighted by Gasteiger charge is 2.46. The summed E-state index contributed by atoms with van der Waals surface area (Å²) in [5, 5.41) is 1.02. The maximum absolute atomic E-state index is 12.8. The Morgan fingerprint density at radius 1 is 1.21 bits per heavy atom. The third-order valence-corrected chi connectivity index (χ3v) is 3.66. The van der Waals surface area contributed by atoms with E-state index in [2.05, 4.69) is 4.98 Å². The summed E-state index contributed by atoms with van der Waals surface area (Å²) in [6.45, 7) is 0. The molecular weight excluding hydrogens is 362 g/mol. The molecule has 0 aliphatic heterocycles. The Bertz CT molecular complexity index is 741. The molecule has 1 unspecified atom stereocenters. The van der Waals surface area contributed by atoms with Crippen LogP contribution in [0.5, 0.6) is 11.6 Å². The number of carbonyl (C=O) groups is 1. The quantitative estimate of drug-likeness (QED) is 0.750. The Balaban J connectivity index is 2.27. The van der Waals surface area contributed by atoms with Crippen LogP contribution in [0.2, 0.25) is 0 Å². The Labute approximate surface area is 134 Å². The molecule has 0 aliphatic rings. The van der Waals surface area contributed by atoms with Crippen LogP contribution in [0.4, 0.5) is 26.3 Å². The zero-order chi connectivity index (χ0) is 18.1. The molecule has 1 amide bonds. The fraction of sp³-hybridized carbons (Fsp3) is 0.231. The van der Waals surface area contributed by atoms with Crippen LogP contribution in [0.15, 0.2) is 29.6 Å². The summed E-state index contributed by atoms with van der Waals surface area (Å²) in [5.41, 5.74) is 5.96. The molecule has 2 heterocycles. The van der Waals surface area contributed by atoms with Gasteiger partial charge in [-0.1, -0.05) is 6.07 Å². The Morgan fingerprint density at radius 3 is 2.38 bits per heavy atom. The first kappa shape index (κ1) is 18.0. The summed E-state index contributed by atoms with van der Waals surface area (Å²) >= 11 is 0.353. The van der Waals surface area contributed by atoms with Gasteiger partial charge >= 0.3 is 12.4 Å². The second-order valence-corrected chi connectivity index (χ2v) is 5.40. The number of carbonyl (C=O) groups excluding carboxylic acids is 1. The van der Waals surface area contributed by atoms with Gasteiger partial charge in [-0.25, -0.2) is 4.98 Å². The number of pyridine rings is 1. The maximum Gasteiger partial charge on any atom is 0.425 e. The summed E-state index contributed by atoms with van der Waals surface area (Å²) < 4.78 is 80.9. The summed E-state index contributed by atoms with van der Waals surface area (Å²) in [4.78, 5) is 13.4. The van der Waals surface area contributed by atoms with Crippen molar-refractivity contribution in [1.82, 2.24) is 10.7 Å². The van der Waals surface area contributed by atoms with Gasteiger partial charge in [0, 0.05) is 17.5 Å². The van der Waals surface area contributed by atoms with E-state index in [1.807, 2.05) is 0 Å². The summed E-state index contributed by atoms with van der Waals surface area (Å²) in [6, 6.07) is 3.77. The predicted molar refractivity (Wildman–Crippen MR) is 70.5 cm³/mol. The molecule has 0 fully saturated rings. The van der Waals surface area contributed by atoms with E-state index < -0.39 is 40.6 Å². The number of ether oxygens (including phenoxy) is 1. The van der Waals surface area contributed by atoms with Crippen LogP contribution in [0.25, 0.3) is 0 Å². The lowest BCUT2D eigenvalue weighted by Crippen LogP contribution is -2.29. The largest absolute Gasteiger partial charge is 0.438 e. The van der Waals surface area contributed by atoms with Gasteiger partial charge in [0.05, 0.1) is 5.69 Å². The van der Waals surface area contributed by atoms with Crippen molar-refractivity contribution in [3.63, 3.8) is 0 Å². The summed E-state index contributed by atoms with van der Waals surface area (Å²) in [5.74, 6) is -5.33. The van der Waals surface area contributed by atoms with Crippen molar-refractivity contribution in [2.45, 2.75) is 18.3 Å². The molecule has 0 aliphatic carbocycles. The second kappa shape index (κ2) is 6.30. The zero-order valence-corrected chi connectivity index (χ0v) is 12.2. The first-order valence-corrected chi connectivity index (χ1v) is 6.99. The number of thiophene rings is 1. The molecule has 2 aromatic rings. The Morgan fingerprint density at radius 2 is 1.88 bits per heavy atom. The molecule has 0 spiro atoms. The molecule has 2 rings (SSSR count). The molecule has 129 valence electrons. The molecule has 11 heteroatoms. The first-order chi connectivity index (χ1) is 11.0. The van der Waals surface area contributed by atoms with E-state index in [9.17, 15) is 31.1 Å². The average molecular weight is 369 g/mol. The topological polar surface area (TPSA) is 63.0 Å². The van der Waals surface area contributed by atoms with Crippen LogP contribution in [0.1, 0.15) is 16.5 Å². The van der Waals surface area contributed by atoms with E-state index >= 15 is 0 Å². The van der Waals surface area contributed by atoms with Crippen LogP contribution < -0.4 is 10.5 Å². The van der Waals surface area contributed by atoms with E-state index in [0.717, 1.165) is 23.6 Å². The molecule has 0 bridgehead atoms. The number of nitrogens with one attached hydrogen (secondary N) is 1. The Kier molecular flexibility index (Phi) is 4.74. The molecule has 0 saturated carbocycles. The third-order valence-electron chi connectivity index (χ3n) is 2.71. The van der Waals surface area contributed by atoms with Crippen LogP contribution in [0, 0.1) is 0 Å². The van der Waals surface area contributed by atoms with E-state index in [1.165, 1.54) is 0 Å². The van der Waals surface area contributed by atoms with Crippen molar-refractivity contribution in [3.8, 4) is 11.6 Å². The molecule has 24 heavy (non-hydrogen) atoms. The number of alkyl halides is 6. The minimum atomic E-state index is -5.02. The van der Waals surface area contributed by atoms with Gasteiger partial charge in [-0.2, -0.15) is 26.3 Å². The number of hydrogen-bond donors (Lipinski definition) is 0. The van der Waals surface area contributed by atoms with Gasteiger partial charge in [-0.15, -0.1) is 11.3 Å². The first-order valence-electron chi connectivity index (χ1n) is 6.11. The minimum absolute atomic E-state index is 0.252. The molecule has 1 N–H and O–H groups in total. The van der Waals surface area contributed by atoms with Gasteiger partial charge in [-0.3, -0.25) is 10.5 Å². The fourth-order valence-electron chi connectivity index (χ4n) is 1.74. The standard InChI is InChI=1S/C13H7F6N2O2S/c14-12(15,16)8-4-6(5-24-8)23-9-3-1-2-7(21-9)10(11(20)22)13(17,18)19/h1-5,10,20H. The highest BCUT2D eigenvalue weighted by Crippen LogP contribution is 2.38. The number of hydrogen-bond acceptors (Lipinski definition) is 4. The van der Waals surface area contributed by atoms with Crippen LogP contribution in [-0.2, 0) is 11.0 Å². The van der Waals surface area contributed by atoms with Gasteiger partial charge in [-0.05, 0) is 6.07 Å². The van der Waals surface area contributed by atoms with Crippen LogP contribution >= 0.6 is 11.3 Å². The van der Waals surface area contributed by atoms with E-state index in [0.29, 0.717) is 17.4 Å². The number of halogens is 6. The van der Waals surface area contributed by atoms with Gasteiger partial charge < -0.3 is 4.74 Å². The molecular formula is C13H7F6N2O2S. The highest BCUT2D eigenvalue weighted by molar-refractivity contribution is 7.10. The van der Waals surface area contributed by atoms with E-state index in [4.69, 9.17) is 10.5 Å². The molecule has 1 atom stereocenters. The minimum Gasteiger partial charge on any atom is -0.438 e. The molecule has 0 saturated heterocycles. The maximum atomic E-state index is 12.8. The Hall–Kier alpha value is -2.30. The van der Waals surface area contributed by atoms with Crippen LogP contribution in [-0.4, -0.2) is 17.1 Å². The van der Waals surface area contributed by atoms with Crippen molar-refractivity contribution < 1.29 is 35.9 Å². The van der Waals surface area contributed by atoms with Gasteiger partial charge in [0.1, 0.15) is 10.6 Å². The summed E-state index contributed by atoms with van der Waals surface area (Å²) in [7, 11) is 0. The lowest BCUT2D eigenvalue weighted by molar-refractivity contribution is -0.163. The lowest BCUT2D eigenvalue weighted by Gasteiger charge is -2.16. The van der Waals surface area contributed by atoms with Crippen molar-refractivity contribution in [2.75, 3.05) is 0 Å². The smallest absolute Gasteiger partial charge is 0.425 e. The van der Waals surface area contributed by atoms with E-state index in [-0.39, 0.29) is 5.75 Å². The fourth-order valence-corrected chi connectivity index (χ4v) is 2.42. The van der Waals surface area contributed by atoms with Gasteiger partial charge in [0.15, 0.2) is 5.92 Å². The molecule has 0 aromatic carbocycles. The molecule has 4 nitrogen and oxygen atoms in total. The summed E-state index contributed by atoms with van der Waals surface area (Å²) in [6.07, 6.45) is -9.59. The monoisotopic (exact) mass is 369 g/mol. The SMILES string of the molecule is [NH]C(=O)C(c1cccc(Oc2csc(C(F)(F)F)c2)n1)C(F)(F)F. The number of amides is 1. The van der Waals surface area contributed by atoms with Crippen LogP contribution in [0.3, 0.4) is 0 Å². The number of aromatic nitrogens is 1. The van der Waals surface area contributed by atoms with Crippen molar-refractivity contribution in [2.24, 2.45) is 0 Å². The van der Waals surface area contributed by atoms with Crippen molar-refractivity contribution in [3.05, 3.63) is 40.2 Å². The van der Waals surface area contributed by atoms with Crippen molar-refractivity contribution >= 4 is 17.2 Å². The molecule has 2 aromatic heterocycles. The average Bonchev–Trinajstić information content (AvgIpc) is 2.85. The number of nitrogens with zero attached hydrogens (tertiary/aromatic N) is 1. The highest BCUT2D eigenvalue weighted by atomic mass is 32.1. The normalized spacial score (nSPS) is 13.6. The van der Waals surface area contributed by atoms with Crippen molar-refractivity contribution in [1.29, 1.82) is 0 Å². The lowest BCUT2D eigenvalue weighted by atomic mass is 10.0. The number of rotatable bonds is 4.